The topological polar surface area (TPSA) is 74.8 Å². The van der Waals surface area contributed by atoms with Crippen molar-refractivity contribution >= 4 is 66.7 Å². The van der Waals surface area contributed by atoms with E-state index in [-0.39, 0.29) is 23.6 Å². The Hall–Kier alpha value is -5.88. The van der Waals surface area contributed by atoms with Crippen molar-refractivity contribution in [1.82, 2.24) is 9.80 Å². The Balaban J connectivity index is 1.63. The fourth-order valence-electron chi connectivity index (χ4n) is 7.40. The number of carbonyl (C=O) groups excluding carboxylic acids is 4. The summed E-state index contributed by atoms with van der Waals surface area (Å²) in [6, 6.07) is 31.1. The quantitative estimate of drug-likeness (QED) is 0.122. The molecule has 0 unspecified atom stereocenters. The molecule has 0 N–H and O–H groups in total. The van der Waals surface area contributed by atoms with Crippen LogP contribution < -0.4 is 0 Å². The van der Waals surface area contributed by atoms with Crippen molar-refractivity contribution < 1.29 is 19.2 Å². The molecule has 7 aromatic rings. The van der Waals surface area contributed by atoms with Gasteiger partial charge in [-0.25, -0.2) is 0 Å². The second kappa shape index (κ2) is 8.36. The summed E-state index contributed by atoms with van der Waals surface area (Å²) >= 11 is 0. The summed E-state index contributed by atoms with van der Waals surface area (Å²) in [4.78, 5) is 56.8. The average molecular weight is 571 g/mol. The summed E-state index contributed by atoms with van der Waals surface area (Å²) in [5, 5.41) is 6.40. The molecular formula is C38H22N2O4. The molecule has 0 saturated heterocycles. The van der Waals surface area contributed by atoms with E-state index in [2.05, 4.69) is 0 Å². The van der Waals surface area contributed by atoms with Gasteiger partial charge in [-0.3, -0.25) is 29.0 Å². The highest BCUT2D eigenvalue weighted by atomic mass is 16.2. The highest BCUT2D eigenvalue weighted by molar-refractivity contribution is 6.44. The monoisotopic (exact) mass is 570 g/mol. The van der Waals surface area contributed by atoms with Gasteiger partial charge in [0.25, 0.3) is 23.6 Å². The predicted molar refractivity (Wildman–Crippen MR) is 171 cm³/mol. The molecular weight excluding hydrogens is 548 g/mol. The second-order valence-electron chi connectivity index (χ2n) is 11.6. The van der Waals surface area contributed by atoms with Gasteiger partial charge in [-0.1, -0.05) is 72.8 Å². The van der Waals surface area contributed by atoms with Crippen LogP contribution in [0.1, 0.15) is 41.4 Å². The summed E-state index contributed by atoms with van der Waals surface area (Å²) in [6.07, 6.45) is 0. The van der Waals surface area contributed by atoms with Crippen LogP contribution in [0.25, 0.3) is 65.3 Å². The minimum Gasteiger partial charge on any atom is -0.277 e. The number of hydrogen-bond acceptors (Lipinski definition) is 4. The molecule has 2 heterocycles. The van der Waals surface area contributed by atoms with Crippen LogP contribution in [0.15, 0.2) is 97.1 Å². The maximum atomic E-state index is 13.7. The molecule has 7 aromatic carbocycles. The van der Waals surface area contributed by atoms with E-state index in [1.807, 2.05) is 84.9 Å². The van der Waals surface area contributed by atoms with Crippen molar-refractivity contribution in [2.24, 2.45) is 0 Å². The third-order valence-corrected chi connectivity index (χ3v) is 9.41. The predicted octanol–water partition coefficient (Wildman–Crippen LogP) is 7.52. The molecule has 0 spiro atoms. The molecule has 2 aliphatic heterocycles. The number of fused-ring (bicyclic) bond motifs is 2. The average Bonchev–Trinajstić information content (AvgIpc) is 3.07. The van der Waals surface area contributed by atoms with Gasteiger partial charge < -0.3 is 0 Å². The number of nitrogens with zero attached hydrogens (tertiary/aromatic N) is 2. The number of carbonyl (C=O) groups is 4. The van der Waals surface area contributed by atoms with Crippen molar-refractivity contribution in [3.8, 4) is 22.3 Å². The SMILES string of the molecule is CN1C(=O)c2ccc3c4c(-c5ccccc5)cc5c6c(ccc(c7c(-c8ccccc8)cc(c2c37)C1=O)c64)C(=O)N(C)C5=O. The van der Waals surface area contributed by atoms with Crippen LogP contribution in [0.3, 0.4) is 0 Å². The molecule has 2 aliphatic rings. The van der Waals surface area contributed by atoms with Gasteiger partial charge in [-0.2, -0.15) is 0 Å². The van der Waals surface area contributed by atoms with Crippen LogP contribution in [0, 0.1) is 0 Å². The van der Waals surface area contributed by atoms with E-state index in [1.54, 1.807) is 12.1 Å². The maximum Gasteiger partial charge on any atom is 0.261 e. The van der Waals surface area contributed by atoms with Crippen LogP contribution >= 0.6 is 0 Å². The maximum absolute atomic E-state index is 13.7. The smallest absolute Gasteiger partial charge is 0.261 e. The van der Waals surface area contributed by atoms with E-state index in [1.165, 1.54) is 23.9 Å². The zero-order chi connectivity index (χ0) is 30.0. The highest BCUT2D eigenvalue weighted by Gasteiger charge is 2.36. The Morgan fingerprint density at radius 2 is 0.727 bits per heavy atom. The first-order valence-corrected chi connectivity index (χ1v) is 14.4. The number of hydrogen-bond donors (Lipinski definition) is 0. The molecule has 0 saturated carbocycles. The summed E-state index contributed by atoms with van der Waals surface area (Å²) in [5.74, 6) is -1.37. The van der Waals surface area contributed by atoms with Crippen molar-refractivity contribution in [2.75, 3.05) is 14.1 Å². The number of imide groups is 2. The zero-order valence-electron chi connectivity index (χ0n) is 23.8. The van der Waals surface area contributed by atoms with E-state index >= 15 is 0 Å². The first kappa shape index (κ1) is 24.7. The Labute approximate surface area is 251 Å². The van der Waals surface area contributed by atoms with Crippen LogP contribution in [0.4, 0.5) is 0 Å². The Morgan fingerprint density at radius 1 is 0.364 bits per heavy atom. The van der Waals surface area contributed by atoms with Crippen LogP contribution in [0.2, 0.25) is 0 Å². The van der Waals surface area contributed by atoms with Gasteiger partial charge in [0.15, 0.2) is 0 Å². The van der Waals surface area contributed by atoms with Crippen LogP contribution in [-0.2, 0) is 0 Å². The minimum absolute atomic E-state index is 0.342. The van der Waals surface area contributed by atoms with Crippen molar-refractivity contribution in [1.29, 1.82) is 0 Å². The fourth-order valence-corrected chi connectivity index (χ4v) is 7.40. The first-order chi connectivity index (χ1) is 21.4. The molecule has 0 aliphatic carbocycles. The summed E-state index contributed by atoms with van der Waals surface area (Å²) < 4.78 is 0. The Kier molecular flexibility index (Phi) is 4.69. The molecule has 208 valence electrons. The second-order valence-corrected chi connectivity index (χ2v) is 11.6. The van der Waals surface area contributed by atoms with E-state index in [9.17, 15) is 19.2 Å². The minimum atomic E-state index is -0.345. The Morgan fingerprint density at radius 3 is 1.11 bits per heavy atom. The fraction of sp³-hybridized carbons (Fsp3) is 0.0526. The molecule has 0 atom stereocenters. The molecule has 9 rings (SSSR count). The third-order valence-electron chi connectivity index (χ3n) is 9.41. The van der Waals surface area contributed by atoms with Crippen molar-refractivity contribution in [3.05, 3.63) is 119 Å². The van der Waals surface area contributed by atoms with Crippen LogP contribution in [0.5, 0.6) is 0 Å². The lowest BCUT2D eigenvalue weighted by atomic mass is 9.78. The van der Waals surface area contributed by atoms with E-state index < -0.39 is 0 Å². The highest BCUT2D eigenvalue weighted by Crippen LogP contribution is 2.51. The van der Waals surface area contributed by atoms with Gasteiger partial charge in [-0.05, 0) is 78.8 Å². The van der Waals surface area contributed by atoms with Gasteiger partial charge in [0.05, 0.1) is 0 Å². The van der Waals surface area contributed by atoms with Crippen molar-refractivity contribution in [3.63, 3.8) is 0 Å². The lowest BCUT2D eigenvalue weighted by molar-refractivity contribution is 0.0635. The molecule has 0 radical (unpaired) electrons. The molecule has 0 fully saturated rings. The third kappa shape index (κ3) is 2.89. The number of amides is 4. The zero-order valence-corrected chi connectivity index (χ0v) is 23.8. The standard InChI is InChI=1S/C38H22N2O4/c1-39-35(41)23-15-13-21-30-26(20-11-7-4-8-12-20)18-28-32-24(36(42)40(2)38(28)44)16-14-22(34(30)32)29-25(19-9-5-3-6-10-19)17-27(37(39)43)31(23)33(21)29/h3-18H,1-2H3. The summed E-state index contributed by atoms with van der Waals surface area (Å²) in [6.45, 7) is 0. The van der Waals surface area contributed by atoms with E-state index in [4.69, 9.17) is 0 Å². The number of benzene rings is 7. The molecule has 0 bridgehead atoms. The lowest BCUT2D eigenvalue weighted by Crippen LogP contribution is -2.37. The summed E-state index contributed by atoms with van der Waals surface area (Å²) in [5.41, 5.74) is 5.44. The molecule has 6 heteroatoms. The Bertz CT molecular complexity index is 2310. The van der Waals surface area contributed by atoms with Crippen LogP contribution in [-0.4, -0.2) is 47.5 Å². The molecule has 0 aromatic heterocycles. The van der Waals surface area contributed by atoms with Crippen molar-refractivity contribution in [2.45, 2.75) is 0 Å². The van der Waals surface area contributed by atoms with Gasteiger partial charge >= 0.3 is 0 Å². The normalized spacial score (nSPS) is 14.7. The van der Waals surface area contributed by atoms with Gasteiger partial charge in [0, 0.05) is 47.1 Å². The largest absolute Gasteiger partial charge is 0.277 e. The molecule has 44 heavy (non-hydrogen) atoms. The van der Waals surface area contributed by atoms with Gasteiger partial charge in [-0.15, -0.1) is 0 Å². The first-order valence-electron chi connectivity index (χ1n) is 14.4. The van der Waals surface area contributed by atoms with E-state index in [0.29, 0.717) is 33.0 Å². The molecule has 6 nitrogen and oxygen atoms in total. The lowest BCUT2D eigenvalue weighted by Gasteiger charge is -2.30. The molecule has 4 amide bonds. The summed E-state index contributed by atoms with van der Waals surface area (Å²) in [7, 11) is 3.04. The van der Waals surface area contributed by atoms with Gasteiger partial charge in [0.1, 0.15) is 0 Å². The van der Waals surface area contributed by atoms with Gasteiger partial charge in [0.2, 0.25) is 0 Å². The van der Waals surface area contributed by atoms with E-state index in [0.717, 1.165) is 54.6 Å². The number of rotatable bonds is 2.